The lowest BCUT2D eigenvalue weighted by Gasteiger charge is -2.33. The van der Waals surface area contributed by atoms with E-state index in [0.29, 0.717) is 0 Å². The number of ether oxygens (including phenoxy) is 1. The molecule has 0 bridgehead atoms. The molecule has 0 rings (SSSR count). The van der Waals surface area contributed by atoms with Crippen LogP contribution >= 0.6 is 0 Å². The van der Waals surface area contributed by atoms with E-state index in [-0.39, 0.29) is 5.91 Å². The summed E-state index contributed by atoms with van der Waals surface area (Å²) < 4.78 is 5.17. The maximum atomic E-state index is 12.2. The molecule has 2 amide bonds. The van der Waals surface area contributed by atoms with Gasteiger partial charge in [0.05, 0.1) is 7.11 Å². The second-order valence-electron chi connectivity index (χ2n) is 6.46. The summed E-state index contributed by atoms with van der Waals surface area (Å²) >= 11 is 0. The number of carbonyl (C=O) groups is 2. The Kier molecular flexibility index (Phi) is 5.81. The van der Waals surface area contributed by atoms with Crippen LogP contribution in [0, 0.1) is 5.41 Å². The first-order chi connectivity index (χ1) is 8.38. The molecule has 19 heavy (non-hydrogen) atoms. The molecule has 1 atom stereocenters. The van der Waals surface area contributed by atoms with Gasteiger partial charge in [-0.05, 0) is 26.2 Å². The van der Waals surface area contributed by atoms with Crippen LogP contribution in [-0.2, 0) is 14.4 Å². The van der Waals surface area contributed by atoms with Gasteiger partial charge >= 0.3 is 6.09 Å². The molecule has 0 fully saturated rings. The van der Waals surface area contributed by atoms with Gasteiger partial charge in [0, 0.05) is 7.05 Å². The lowest BCUT2D eigenvalue weighted by atomic mass is 9.86. The van der Waals surface area contributed by atoms with Crippen LogP contribution < -0.4 is 5.32 Å². The fraction of sp³-hybridized carbons (Fsp3) is 0.846. The highest BCUT2D eigenvalue weighted by Crippen LogP contribution is 2.21. The van der Waals surface area contributed by atoms with Crippen molar-refractivity contribution in [1.29, 1.82) is 0 Å². The molecule has 0 aliphatic rings. The number of nitrogens with zero attached hydrogens (tertiary/aromatic N) is 1. The highest BCUT2D eigenvalue weighted by molar-refractivity contribution is 5.85. The number of amides is 2. The lowest BCUT2D eigenvalue weighted by Crippen LogP contribution is -2.54. The van der Waals surface area contributed by atoms with Gasteiger partial charge < -0.3 is 10.1 Å². The van der Waals surface area contributed by atoms with Gasteiger partial charge in [-0.25, -0.2) is 9.86 Å². The molecule has 0 heterocycles. The van der Waals surface area contributed by atoms with Crippen LogP contribution in [0.4, 0.5) is 4.79 Å². The number of hydroxylamine groups is 2. The van der Waals surface area contributed by atoms with Gasteiger partial charge in [-0.3, -0.25) is 9.63 Å². The Morgan fingerprint density at radius 2 is 1.58 bits per heavy atom. The Hall–Kier alpha value is -1.30. The van der Waals surface area contributed by atoms with Crippen molar-refractivity contribution in [2.45, 2.75) is 53.2 Å². The van der Waals surface area contributed by atoms with Crippen LogP contribution in [0.5, 0.6) is 0 Å². The van der Waals surface area contributed by atoms with Crippen LogP contribution in [0.1, 0.15) is 41.5 Å². The van der Waals surface area contributed by atoms with Crippen molar-refractivity contribution < 1.29 is 19.2 Å². The summed E-state index contributed by atoms with van der Waals surface area (Å²) in [6.45, 7) is 10.9. The van der Waals surface area contributed by atoms with E-state index in [1.54, 1.807) is 20.8 Å². The summed E-state index contributed by atoms with van der Waals surface area (Å²) in [6, 6.07) is -0.729. The molecule has 1 unspecified atom stereocenters. The van der Waals surface area contributed by atoms with Crippen molar-refractivity contribution in [3.63, 3.8) is 0 Å². The van der Waals surface area contributed by atoms with Gasteiger partial charge in [-0.15, -0.1) is 0 Å². The Balaban J connectivity index is 4.91. The Morgan fingerprint density at radius 3 is 1.89 bits per heavy atom. The largest absolute Gasteiger partial charge is 0.444 e. The van der Waals surface area contributed by atoms with Crippen molar-refractivity contribution in [1.82, 2.24) is 10.4 Å². The van der Waals surface area contributed by atoms with Crippen LogP contribution in [0.25, 0.3) is 0 Å². The van der Waals surface area contributed by atoms with E-state index >= 15 is 0 Å². The third-order valence-corrected chi connectivity index (χ3v) is 2.36. The van der Waals surface area contributed by atoms with E-state index in [1.165, 1.54) is 14.2 Å². The van der Waals surface area contributed by atoms with E-state index in [4.69, 9.17) is 9.57 Å². The van der Waals surface area contributed by atoms with Crippen LogP contribution in [0.15, 0.2) is 0 Å². The summed E-state index contributed by atoms with van der Waals surface area (Å²) in [5.74, 6) is -0.333. The molecule has 0 aliphatic heterocycles. The standard InChI is InChI=1S/C13H26N2O4/c1-12(2,3)9(10(16)15(7)18-8)14-11(17)19-13(4,5)6/h9H,1-8H3,(H,14,17). The first-order valence-corrected chi connectivity index (χ1v) is 6.19. The number of carbonyl (C=O) groups excluding carboxylic acids is 2. The molecule has 0 aliphatic carbocycles. The Morgan fingerprint density at radius 1 is 1.11 bits per heavy atom. The number of hydrogen-bond acceptors (Lipinski definition) is 4. The molecule has 6 nitrogen and oxygen atoms in total. The van der Waals surface area contributed by atoms with E-state index in [9.17, 15) is 9.59 Å². The maximum Gasteiger partial charge on any atom is 0.408 e. The zero-order valence-electron chi connectivity index (χ0n) is 13.2. The Labute approximate surface area is 115 Å². The van der Waals surface area contributed by atoms with Crippen molar-refractivity contribution >= 4 is 12.0 Å². The van der Waals surface area contributed by atoms with Gasteiger partial charge in [0.1, 0.15) is 11.6 Å². The smallest absolute Gasteiger partial charge is 0.408 e. The summed E-state index contributed by atoms with van der Waals surface area (Å²) in [4.78, 5) is 28.8. The van der Waals surface area contributed by atoms with Crippen molar-refractivity contribution in [2.75, 3.05) is 14.2 Å². The number of rotatable bonds is 3. The third kappa shape index (κ3) is 6.42. The first-order valence-electron chi connectivity index (χ1n) is 6.19. The molecule has 112 valence electrons. The van der Waals surface area contributed by atoms with Gasteiger partial charge in [0.2, 0.25) is 0 Å². The topological polar surface area (TPSA) is 67.9 Å². The van der Waals surface area contributed by atoms with Gasteiger partial charge in [-0.1, -0.05) is 20.8 Å². The number of hydrogen-bond donors (Lipinski definition) is 1. The van der Waals surface area contributed by atoms with Gasteiger partial charge in [0.25, 0.3) is 5.91 Å². The molecule has 0 saturated heterocycles. The second-order valence-corrected chi connectivity index (χ2v) is 6.46. The molecule has 1 N–H and O–H groups in total. The van der Waals surface area contributed by atoms with Crippen molar-refractivity contribution in [3.8, 4) is 0 Å². The molecule has 0 aromatic heterocycles. The third-order valence-electron chi connectivity index (χ3n) is 2.36. The molecule has 6 heteroatoms. The molecular weight excluding hydrogens is 248 g/mol. The van der Waals surface area contributed by atoms with E-state index in [2.05, 4.69) is 5.32 Å². The van der Waals surface area contributed by atoms with Crippen LogP contribution in [0.2, 0.25) is 0 Å². The fourth-order valence-corrected chi connectivity index (χ4v) is 1.35. The first kappa shape index (κ1) is 17.7. The van der Waals surface area contributed by atoms with Crippen molar-refractivity contribution in [2.24, 2.45) is 5.41 Å². The highest BCUT2D eigenvalue weighted by Gasteiger charge is 2.36. The van der Waals surface area contributed by atoms with E-state index in [0.717, 1.165) is 5.06 Å². The summed E-state index contributed by atoms with van der Waals surface area (Å²) in [7, 11) is 2.89. The highest BCUT2D eigenvalue weighted by atomic mass is 16.7. The van der Waals surface area contributed by atoms with Gasteiger partial charge in [-0.2, -0.15) is 0 Å². The average molecular weight is 274 g/mol. The maximum absolute atomic E-state index is 12.2. The Bertz CT molecular complexity index is 329. The minimum Gasteiger partial charge on any atom is -0.444 e. The quantitative estimate of drug-likeness (QED) is 0.799. The van der Waals surface area contributed by atoms with E-state index in [1.807, 2.05) is 20.8 Å². The monoisotopic (exact) mass is 274 g/mol. The summed E-state index contributed by atoms with van der Waals surface area (Å²) in [6.07, 6.45) is -0.620. The number of likely N-dealkylation sites (N-methyl/N-ethyl adjacent to an activating group) is 1. The zero-order chi connectivity index (χ0) is 15.4. The van der Waals surface area contributed by atoms with Crippen molar-refractivity contribution in [3.05, 3.63) is 0 Å². The lowest BCUT2D eigenvalue weighted by molar-refractivity contribution is -0.173. The summed E-state index contributed by atoms with van der Waals surface area (Å²) in [5, 5.41) is 3.69. The normalized spacial score (nSPS) is 13.7. The minimum absolute atomic E-state index is 0.333. The van der Waals surface area contributed by atoms with Gasteiger partial charge in [0.15, 0.2) is 0 Å². The number of nitrogens with one attached hydrogen (secondary N) is 1. The van der Waals surface area contributed by atoms with Crippen LogP contribution in [-0.4, -0.2) is 42.9 Å². The van der Waals surface area contributed by atoms with E-state index < -0.39 is 23.2 Å². The van der Waals surface area contributed by atoms with Crippen LogP contribution in [0.3, 0.4) is 0 Å². The second kappa shape index (κ2) is 6.23. The minimum atomic E-state index is -0.729. The molecule has 0 aromatic carbocycles. The SMILES string of the molecule is CON(C)C(=O)C(NC(=O)OC(C)(C)C)C(C)(C)C. The zero-order valence-corrected chi connectivity index (χ0v) is 13.2. The fourth-order valence-electron chi connectivity index (χ4n) is 1.35. The molecule has 0 radical (unpaired) electrons. The number of alkyl carbamates (subject to hydrolysis) is 1. The molecule has 0 aromatic rings. The average Bonchev–Trinajstić information content (AvgIpc) is 2.19. The summed E-state index contributed by atoms with van der Waals surface area (Å²) in [5.41, 5.74) is -1.07. The predicted octanol–water partition coefficient (Wildman–Crippen LogP) is 1.95. The molecular formula is C13H26N2O4. The predicted molar refractivity (Wildman–Crippen MR) is 72.4 cm³/mol. The molecule has 0 spiro atoms. The molecule has 0 saturated carbocycles.